The lowest BCUT2D eigenvalue weighted by Gasteiger charge is -2.40. The van der Waals surface area contributed by atoms with Crippen molar-refractivity contribution in [2.24, 2.45) is 0 Å². The zero-order valence-electron chi connectivity index (χ0n) is 17.7. The highest BCUT2D eigenvalue weighted by Gasteiger charge is 2.28. The Kier molecular flexibility index (Phi) is 5.68. The molecule has 1 fully saturated rings. The number of amides is 1. The highest BCUT2D eigenvalue weighted by molar-refractivity contribution is 7.14. The Hall–Kier alpha value is -3.51. The van der Waals surface area contributed by atoms with Crippen LogP contribution >= 0.6 is 11.3 Å². The molecule has 0 bridgehead atoms. The number of nitrogens with one attached hydrogen (secondary N) is 1. The van der Waals surface area contributed by atoms with E-state index >= 15 is 0 Å². The Morgan fingerprint density at radius 1 is 1.27 bits per heavy atom. The molecular weight excluding hydrogens is 450 g/mol. The number of thiazole rings is 1. The smallest absolute Gasteiger partial charge is 0.240 e. The summed E-state index contributed by atoms with van der Waals surface area (Å²) in [5.74, 6) is -1.25. The third kappa shape index (κ3) is 4.39. The third-order valence-corrected chi connectivity index (χ3v) is 6.27. The van der Waals surface area contributed by atoms with Crippen molar-refractivity contribution in [3.8, 4) is 11.3 Å². The number of nitrogens with zero attached hydrogens (tertiary/aromatic N) is 7. The van der Waals surface area contributed by atoms with Crippen molar-refractivity contribution >= 4 is 33.8 Å². The molecule has 1 unspecified atom stereocenters. The number of fused-ring (bicyclic) bond motifs is 1. The van der Waals surface area contributed by atoms with Crippen molar-refractivity contribution in [1.29, 1.82) is 0 Å². The lowest BCUT2D eigenvalue weighted by molar-refractivity contribution is -0.117. The van der Waals surface area contributed by atoms with Crippen LogP contribution in [0.25, 0.3) is 16.9 Å². The molecule has 33 heavy (non-hydrogen) atoms. The number of aromatic nitrogens is 5. The van der Waals surface area contributed by atoms with Crippen LogP contribution in [0.1, 0.15) is 6.92 Å². The minimum Gasteiger partial charge on any atom is -0.348 e. The van der Waals surface area contributed by atoms with Crippen molar-refractivity contribution in [2.45, 2.75) is 13.0 Å². The van der Waals surface area contributed by atoms with Crippen molar-refractivity contribution in [2.75, 3.05) is 36.4 Å². The largest absolute Gasteiger partial charge is 0.348 e. The van der Waals surface area contributed by atoms with E-state index in [2.05, 4.69) is 42.2 Å². The van der Waals surface area contributed by atoms with Crippen LogP contribution in [0.4, 0.5) is 19.7 Å². The van der Waals surface area contributed by atoms with Gasteiger partial charge in [-0.05, 0) is 25.1 Å². The molecule has 1 N–H and O–H groups in total. The van der Waals surface area contributed by atoms with Crippen molar-refractivity contribution < 1.29 is 13.6 Å². The number of rotatable bonds is 5. The zero-order valence-corrected chi connectivity index (χ0v) is 18.5. The molecule has 0 spiro atoms. The fraction of sp³-hybridized carbons (Fsp3) is 0.286. The maximum absolute atomic E-state index is 13.5. The minimum absolute atomic E-state index is 0.127. The Labute approximate surface area is 191 Å². The normalized spacial score (nSPS) is 16.9. The van der Waals surface area contributed by atoms with E-state index in [1.165, 1.54) is 17.4 Å². The van der Waals surface area contributed by atoms with Crippen LogP contribution in [0.3, 0.4) is 0 Å². The van der Waals surface area contributed by atoms with E-state index < -0.39 is 11.6 Å². The lowest BCUT2D eigenvalue weighted by atomic mass is 10.2. The summed E-state index contributed by atoms with van der Waals surface area (Å²) in [4.78, 5) is 25.6. The topological polar surface area (TPSA) is 91.6 Å². The fourth-order valence-corrected chi connectivity index (χ4v) is 4.66. The Morgan fingerprint density at radius 3 is 2.97 bits per heavy atom. The second-order valence-corrected chi connectivity index (χ2v) is 8.66. The first-order valence-corrected chi connectivity index (χ1v) is 11.2. The summed E-state index contributed by atoms with van der Waals surface area (Å²) in [6.45, 7) is 4.38. The van der Waals surface area contributed by atoms with Crippen molar-refractivity contribution in [3.05, 3.63) is 53.9 Å². The number of piperazine rings is 1. The molecule has 0 aliphatic carbocycles. The predicted molar refractivity (Wildman–Crippen MR) is 120 cm³/mol. The first kappa shape index (κ1) is 21.3. The molecule has 3 aromatic heterocycles. The van der Waals surface area contributed by atoms with Gasteiger partial charge in [-0.15, -0.1) is 21.5 Å². The molecule has 0 radical (unpaired) electrons. The molecule has 170 valence electrons. The molecule has 4 aromatic rings. The van der Waals surface area contributed by atoms with E-state index in [9.17, 15) is 13.6 Å². The third-order valence-electron chi connectivity index (χ3n) is 5.51. The van der Waals surface area contributed by atoms with E-state index in [1.54, 1.807) is 24.1 Å². The lowest BCUT2D eigenvalue weighted by Crippen LogP contribution is -2.53. The van der Waals surface area contributed by atoms with Gasteiger partial charge in [-0.2, -0.15) is 0 Å². The summed E-state index contributed by atoms with van der Waals surface area (Å²) in [7, 11) is 0. The van der Waals surface area contributed by atoms with Crippen LogP contribution in [0.15, 0.2) is 42.3 Å². The molecule has 1 amide bonds. The standard InChI is InChI=1S/C21H20F2N8OS/c1-13-9-29(6-7-31(13)19-20-28-25-12-30(20)5-4-24-19)10-18(32)27-21-26-17(11-33-21)14-2-3-15(22)16(23)8-14/h2-5,8,11-13H,6-7,9-10H2,1H3,(H,26,27,32). The number of benzene rings is 1. The number of halogens is 2. The molecule has 1 aliphatic heterocycles. The molecule has 5 rings (SSSR count). The van der Waals surface area contributed by atoms with Crippen molar-refractivity contribution in [3.63, 3.8) is 0 Å². The number of carbonyl (C=O) groups is 1. The first-order chi connectivity index (χ1) is 16.0. The fourth-order valence-electron chi connectivity index (χ4n) is 3.92. The number of carbonyl (C=O) groups excluding carboxylic acids is 1. The molecule has 0 saturated carbocycles. The summed E-state index contributed by atoms with van der Waals surface area (Å²) in [5, 5.41) is 13.0. The van der Waals surface area contributed by atoms with Gasteiger partial charge in [0.25, 0.3) is 0 Å². The highest BCUT2D eigenvalue weighted by Crippen LogP contribution is 2.26. The van der Waals surface area contributed by atoms with Gasteiger partial charge in [-0.25, -0.2) is 18.7 Å². The average Bonchev–Trinajstić information content (AvgIpc) is 3.45. The van der Waals surface area contributed by atoms with Crippen LogP contribution in [0.5, 0.6) is 0 Å². The van der Waals surface area contributed by atoms with Crippen LogP contribution in [0, 0.1) is 11.6 Å². The molecule has 1 atom stereocenters. The number of anilines is 2. The van der Waals surface area contributed by atoms with E-state index in [0.717, 1.165) is 18.0 Å². The second kappa shape index (κ2) is 8.79. The van der Waals surface area contributed by atoms with E-state index in [0.29, 0.717) is 41.7 Å². The number of hydrogen-bond acceptors (Lipinski definition) is 8. The van der Waals surface area contributed by atoms with Gasteiger partial charge in [0.15, 0.2) is 22.6 Å². The monoisotopic (exact) mass is 470 g/mol. The minimum atomic E-state index is -0.935. The highest BCUT2D eigenvalue weighted by atomic mass is 32.1. The van der Waals surface area contributed by atoms with Gasteiger partial charge < -0.3 is 10.2 Å². The van der Waals surface area contributed by atoms with Gasteiger partial charge in [0.2, 0.25) is 11.6 Å². The second-order valence-electron chi connectivity index (χ2n) is 7.81. The predicted octanol–water partition coefficient (Wildman–Crippen LogP) is 2.68. The summed E-state index contributed by atoms with van der Waals surface area (Å²) < 4.78 is 28.5. The van der Waals surface area contributed by atoms with E-state index in [-0.39, 0.29) is 18.5 Å². The Morgan fingerprint density at radius 2 is 2.15 bits per heavy atom. The van der Waals surface area contributed by atoms with Crippen LogP contribution in [0.2, 0.25) is 0 Å². The summed E-state index contributed by atoms with van der Waals surface area (Å²) in [6.07, 6.45) is 5.17. The van der Waals surface area contributed by atoms with Crippen molar-refractivity contribution in [1.82, 2.24) is 29.5 Å². The van der Waals surface area contributed by atoms with Gasteiger partial charge in [-0.3, -0.25) is 14.1 Å². The SMILES string of the molecule is CC1CN(CC(=O)Nc2nc(-c3ccc(F)c(F)c3)cs2)CCN1c1nccn2cnnc12. The van der Waals surface area contributed by atoms with Gasteiger partial charge >= 0.3 is 0 Å². The Balaban J connectivity index is 1.19. The average molecular weight is 471 g/mol. The summed E-state index contributed by atoms with van der Waals surface area (Å²) in [6, 6.07) is 3.73. The zero-order chi connectivity index (χ0) is 22.9. The first-order valence-electron chi connectivity index (χ1n) is 10.3. The van der Waals surface area contributed by atoms with Gasteiger partial charge in [0, 0.05) is 49.0 Å². The summed E-state index contributed by atoms with van der Waals surface area (Å²) >= 11 is 1.24. The number of hydrogen-bond donors (Lipinski definition) is 1. The molecule has 1 aromatic carbocycles. The van der Waals surface area contributed by atoms with Crippen LogP contribution in [-0.2, 0) is 4.79 Å². The van der Waals surface area contributed by atoms with Crippen LogP contribution < -0.4 is 10.2 Å². The van der Waals surface area contributed by atoms with Crippen LogP contribution in [-0.4, -0.2) is 67.6 Å². The molecule has 9 nitrogen and oxygen atoms in total. The van der Waals surface area contributed by atoms with Gasteiger partial charge in [-0.1, -0.05) is 0 Å². The van der Waals surface area contributed by atoms with E-state index in [4.69, 9.17) is 0 Å². The maximum Gasteiger partial charge on any atom is 0.240 e. The molecule has 4 heterocycles. The van der Waals surface area contributed by atoms with Gasteiger partial charge in [0.1, 0.15) is 6.33 Å². The molecule has 1 saturated heterocycles. The summed E-state index contributed by atoms with van der Waals surface area (Å²) in [5.41, 5.74) is 1.63. The molecule has 12 heteroatoms. The van der Waals surface area contributed by atoms with E-state index in [1.807, 2.05) is 4.40 Å². The molecular formula is C21H20F2N8OS. The van der Waals surface area contributed by atoms with Gasteiger partial charge in [0.05, 0.1) is 12.2 Å². The maximum atomic E-state index is 13.5. The quantitative estimate of drug-likeness (QED) is 0.480. The Bertz CT molecular complexity index is 1310. The molecule has 1 aliphatic rings.